The summed E-state index contributed by atoms with van der Waals surface area (Å²) in [5, 5.41) is 3.93. The number of hydrogen-bond acceptors (Lipinski definition) is 4. The normalized spacial score (nSPS) is 12.1. The highest BCUT2D eigenvalue weighted by atomic mass is 35.5. The van der Waals surface area contributed by atoms with Crippen molar-refractivity contribution in [2.45, 2.75) is 64.4 Å². The highest BCUT2D eigenvalue weighted by molar-refractivity contribution is 7.92. The molecule has 3 aromatic carbocycles. The summed E-state index contributed by atoms with van der Waals surface area (Å²) in [4.78, 5) is 28.9. The lowest BCUT2D eigenvalue weighted by Gasteiger charge is -2.33. The summed E-state index contributed by atoms with van der Waals surface area (Å²) < 4.78 is 29.0. The van der Waals surface area contributed by atoms with Crippen LogP contribution in [0.4, 0.5) is 5.69 Å². The Labute approximate surface area is 263 Å². The number of halogens is 3. The van der Waals surface area contributed by atoms with Crippen molar-refractivity contribution in [2.75, 3.05) is 17.4 Å². The van der Waals surface area contributed by atoms with E-state index in [1.54, 1.807) is 56.3 Å². The number of rotatable bonds is 13. The number of hydrogen-bond donors (Lipinski definition) is 1. The molecule has 0 bridgehead atoms. The zero-order valence-corrected chi connectivity index (χ0v) is 27.2. The van der Waals surface area contributed by atoms with E-state index in [9.17, 15) is 18.0 Å². The lowest BCUT2D eigenvalue weighted by atomic mass is 10.1. The second-order valence-electron chi connectivity index (χ2n) is 10.1. The monoisotopic (exact) mass is 651 g/mol. The van der Waals surface area contributed by atoms with Crippen LogP contribution >= 0.6 is 34.8 Å². The van der Waals surface area contributed by atoms with E-state index in [2.05, 4.69) is 5.32 Å². The number of amides is 2. The van der Waals surface area contributed by atoms with Gasteiger partial charge in [-0.1, -0.05) is 84.9 Å². The van der Waals surface area contributed by atoms with Gasteiger partial charge in [-0.3, -0.25) is 13.9 Å². The maximum absolute atomic E-state index is 14.1. The van der Waals surface area contributed by atoms with Crippen LogP contribution < -0.4 is 9.62 Å². The van der Waals surface area contributed by atoms with Crippen LogP contribution in [0.5, 0.6) is 0 Å². The Morgan fingerprint density at radius 1 is 0.881 bits per heavy atom. The zero-order chi connectivity index (χ0) is 31.0. The number of carbonyl (C=O) groups excluding carboxylic acids is 2. The number of sulfonamides is 1. The fourth-order valence-corrected chi connectivity index (χ4v) is 6.26. The maximum Gasteiger partial charge on any atom is 0.264 e. The van der Waals surface area contributed by atoms with Gasteiger partial charge in [-0.15, -0.1) is 0 Å². The summed E-state index contributed by atoms with van der Waals surface area (Å²) in [6.45, 7) is 7.41. The molecule has 42 heavy (non-hydrogen) atoms. The van der Waals surface area contributed by atoms with Gasteiger partial charge in [0.25, 0.3) is 10.0 Å². The minimum Gasteiger partial charge on any atom is -0.354 e. The van der Waals surface area contributed by atoms with E-state index >= 15 is 0 Å². The van der Waals surface area contributed by atoms with Crippen molar-refractivity contribution in [3.63, 3.8) is 0 Å². The Morgan fingerprint density at radius 2 is 1.57 bits per heavy atom. The predicted molar refractivity (Wildman–Crippen MR) is 171 cm³/mol. The van der Waals surface area contributed by atoms with E-state index in [1.807, 2.05) is 13.8 Å². The minimum atomic E-state index is -4.20. The molecule has 1 atom stereocenters. The van der Waals surface area contributed by atoms with Gasteiger partial charge >= 0.3 is 0 Å². The van der Waals surface area contributed by atoms with Crippen molar-refractivity contribution in [2.24, 2.45) is 0 Å². The molecule has 0 heterocycles. The Balaban J connectivity index is 2.07. The second kappa shape index (κ2) is 15.1. The van der Waals surface area contributed by atoms with Crippen LogP contribution in [0.15, 0.2) is 65.6 Å². The molecular formula is C31H36Cl3N3O4S. The molecule has 0 aliphatic heterocycles. The molecule has 11 heteroatoms. The number of aryl methyl sites for hydroxylation is 2. The van der Waals surface area contributed by atoms with Gasteiger partial charge in [0.05, 0.1) is 20.6 Å². The molecule has 226 valence electrons. The van der Waals surface area contributed by atoms with Crippen LogP contribution in [0.2, 0.25) is 15.1 Å². The van der Waals surface area contributed by atoms with E-state index in [-0.39, 0.29) is 23.0 Å². The summed E-state index contributed by atoms with van der Waals surface area (Å²) in [6, 6.07) is 15.3. The van der Waals surface area contributed by atoms with Crippen LogP contribution in [0.3, 0.4) is 0 Å². The number of anilines is 1. The van der Waals surface area contributed by atoms with Gasteiger partial charge in [0.1, 0.15) is 12.6 Å². The standard InChI is InChI=1S/C31H36Cl3N3O4S/c1-5-7-16-35-31(39)29(6-2)36(19-23-11-15-26(32)28(34)17-23)30(38)20-37(24-12-10-22(4)27(33)18-24)42(40,41)25-13-8-21(3)9-14-25/h8-15,17-18,29H,5-7,16,19-20H2,1-4H3,(H,35,39)/t29-/m0/s1. The fourth-order valence-electron chi connectivity index (χ4n) is 4.36. The number of benzene rings is 3. The molecule has 2 amide bonds. The molecule has 0 radical (unpaired) electrons. The Hall–Kier alpha value is -2.78. The van der Waals surface area contributed by atoms with Crippen molar-refractivity contribution < 1.29 is 18.0 Å². The van der Waals surface area contributed by atoms with Crippen molar-refractivity contribution in [3.05, 3.63) is 92.4 Å². The van der Waals surface area contributed by atoms with Crippen LogP contribution in [0, 0.1) is 13.8 Å². The topological polar surface area (TPSA) is 86.8 Å². The van der Waals surface area contributed by atoms with Crippen LogP contribution in [0.1, 0.15) is 49.8 Å². The summed E-state index contributed by atoms with van der Waals surface area (Å²) in [5.41, 5.74) is 2.52. The molecule has 3 aromatic rings. The fraction of sp³-hybridized carbons (Fsp3) is 0.355. The van der Waals surface area contributed by atoms with Crippen molar-refractivity contribution >= 4 is 62.3 Å². The van der Waals surface area contributed by atoms with Crippen molar-refractivity contribution in [1.82, 2.24) is 10.2 Å². The lowest BCUT2D eigenvalue weighted by molar-refractivity contribution is -0.140. The number of carbonyl (C=O) groups is 2. The van der Waals surface area contributed by atoms with E-state index in [0.29, 0.717) is 33.6 Å². The molecule has 0 unspecified atom stereocenters. The van der Waals surface area contributed by atoms with E-state index in [0.717, 1.165) is 28.3 Å². The predicted octanol–water partition coefficient (Wildman–Crippen LogP) is 7.18. The van der Waals surface area contributed by atoms with E-state index in [1.165, 1.54) is 23.1 Å². The van der Waals surface area contributed by atoms with Crippen molar-refractivity contribution in [1.29, 1.82) is 0 Å². The molecule has 0 saturated carbocycles. The second-order valence-corrected chi connectivity index (χ2v) is 13.2. The molecule has 0 saturated heterocycles. The molecule has 0 spiro atoms. The molecule has 0 aromatic heterocycles. The van der Waals surface area contributed by atoms with Crippen LogP contribution in [-0.2, 0) is 26.2 Å². The first kappa shape index (κ1) is 33.7. The Kier molecular flexibility index (Phi) is 12.1. The largest absolute Gasteiger partial charge is 0.354 e. The van der Waals surface area contributed by atoms with Gasteiger partial charge in [-0.25, -0.2) is 8.42 Å². The van der Waals surface area contributed by atoms with Gasteiger partial charge in [0.2, 0.25) is 11.8 Å². The third kappa shape index (κ3) is 8.40. The highest BCUT2D eigenvalue weighted by Gasteiger charge is 2.34. The summed E-state index contributed by atoms with van der Waals surface area (Å²) in [6.07, 6.45) is 2.00. The van der Waals surface area contributed by atoms with Crippen LogP contribution in [0.25, 0.3) is 0 Å². The Morgan fingerprint density at radius 3 is 2.17 bits per heavy atom. The number of unbranched alkanes of at least 4 members (excludes halogenated alkanes) is 1. The average Bonchev–Trinajstić information content (AvgIpc) is 2.95. The maximum atomic E-state index is 14.1. The third-order valence-electron chi connectivity index (χ3n) is 6.88. The molecule has 3 rings (SSSR count). The molecular weight excluding hydrogens is 617 g/mol. The third-order valence-corrected chi connectivity index (χ3v) is 9.82. The summed E-state index contributed by atoms with van der Waals surface area (Å²) in [7, 11) is -4.20. The van der Waals surface area contributed by atoms with Gasteiger partial charge < -0.3 is 10.2 Å². The van der Waals surface area contributed by atoms with Gasteiger partial charge in [-0.05, 0) is 74.2 Å². The lowest BCUT2D eigenvalue weighted by Crippen LogP contribution is -2.52. The quantitative estimate of drug-likeness (QED) is 0.198. The van der Waals surface area contributed by atoms with Gasteiger partial charge in [0, 0.05) is 18.1 Å². The zero-order valence-electron chi connectivity index (χ0n) is 24.2. The van der Waals surface area contributed by atoms with E-state index in [4.69, 9.17) is 34.8 Å². The Bertz CT molecular complexity index is 1510. The smallest absolute Gasteiger partial charge is 0.264 e. The first-order valence-electron chi connectivity index (χ1n) is 13.8. The molecule has 0 aliphatic carbocycles. The van der Waals surface area contributed by atoms with Gasteiger partial charge in [0.15, 0.2) is 0 Å². The molecule has 1 N–H and O–H groups in total. The average molecular weight is 653 g/mol. The number of nitrogens with zero attached hydrogens (tertiary/aromatic N) is 2. The minimum absolute atomic E-state index is 0.0164. The summed E-state index contributed by atoms with van der Waals surface area (Å²) >= 11 is 18.8. The SMILES string of the molecule is CCCCNC(=O)[C@H](CC)N(Cc1ccc(Cl)c(Cl)c1)C(=O)CN(c1ccc(C)c(Cl)c1)S(=O)(=O)c1ccc(C)cc1. The first-order valence-corrected chi connectivity index (χ1v) is 16.3. The van der Waals surface area contributed by atoms with E-state index < -0.39 is 28.5 Å². The van der Waals surface area contributed by atoms with Gasteiger partial charge in [-0.2, -0.15) is 0 Å². The number of nitrogens with one attached hydrogen (secondary N) is 1. The molecule has 0 fully saturated rings. The summed E-state index contributed by atoms with van der Waals surface area (Å²) in [5.74, 6) is -0.878. The molecule has 7 nitrogen and oxygen atoms in total. The van der Waals surface area contributed by atoms with Crippen LogP contribution in [-0.4, -0.2) is 44.3 Å². The van der Waals surface area contributed by atoms with Crippen molar-refractivity contribution in [3.8, 4) is 0 Å². The highest BCUT2D eigenvalue weighted by Crippen LogP contribution is 2.29. The molecule has 0 aliphatic rings. The first-order chi connectivity index (χ1) is 19.9.